The SMILES string of the molecule is COc1ccc2c(c1)C(=O)N(C)C(Cc1ccccc1)C(=O)N2. The molecule has 2 aromatic rings. The summed E-state index contributed by atoms with van der Waals surface area (Å²) in [6, 6.07) is 14.2. The highest BCUT2D eigenvalue weighted by molar-refractivity contribution is 6.10. The fraction of sp³-hybridized carbons (Fsp3) is 0.222. The molecule has 5 heteroatoms. The number of rotatable bonds is 3. The van der Waals surface area contributed by atoms with E-state index in [-0.39, 0.29) is 11.8 Å². The number of carbonyl (C=O) groups excluding carboxylic acids is 2. The standard InChI is InChI=1S/C18H18N2O3/c1-20-16(10-12-6-4-3-5-7-12)17(21)19-15-9-8-13(23-2)11-14(15)18(20)22/h3-9,11,16H,10H2,1-2H3,(H,19,21). The van der Waals surface area contributed by atoms with Crippen LogP contribution in [0.3, 0.4) is 0 Å². The van der Waals surface area contributed by atoms with Gasteiger partial charge in [0.05, 0.1) is 18.4 Å². The third-order valence-electron chi connectivity index (χ3n) is 4.08. The fourth-order valence-corrected chi connectivity index (χ4v) is 2.73. The number of ether oxygens (including phenoxy) is 1. The van der Waals surface area contributed by atoms with Crippen molar-refractivity contribution in [1.82, 2.24) is 4.90 Å². The molecule has 23 heavy (non-hydrogen) atoms. The summed E-state index contributed by atoms with van der Waals surface area (Å²) in [7, 11) is 3.20. The number of hydrogen-bond acceptors (Lipinski definition) is 3. The number of methoxy groups -OCH3 is 1. The molecule has 0 aromatic heterocycles. The zero-order chi connectivity index (χ0) is 16.4. The van der Waals surface area contributed by atoms with E-state index in [0.717, 1.165) is 5.56 Å². The van der Waals surface area contributed by atoms with Gasteiger partial charge in [-0.05, 0) is 23.8 Å². The van der Waals surface area contributed by atoms with E-state index in [1.54, 1.807) is 32.4 Å². The fourth-order valence-electron chi connectivity index (χ4n) is 2.73. The number of nitrogens with zero attached hydrogens (tertiary/aromatic N) is 1. The van der Waals surface area contributed by atoms with Gasteiger partial charge in [-0.25, -0.2) is 0 Å². The summed E-state index contributed by atoms with van der Waals surface area (Å²) in [6.45, 7) is 0. The van der Waals surface area contributed by atoms with Crippen LogP contribution in [0.1, 0.15) is 15.9 Å². The molecule has 0 saturated carbocycles. The van der Waals surface area contributed by atoms with Crippen LogP contribution in [-0.2, 0) is 11.2 Å². The van der Waals surface area contributed by atoms with Gasteiger partial charge in [-0.2, -0.15) is 0 Å². The Kier molecular flexibility index (Phi) is 4.02. The first-order chi connectivity index (χ1) is 11.1. The van der Waals surface area contributed by atoms with Crippen molar-refractivity contribution < 1.29 is 14.3 Å². The molecule has 2 aromatic carbocycles. The van der Waals surface area contributed by atoms with Gasteiger partial charge < -0.3 is 15.0 Å². The quantitative estimate of drug-likeness (QED) is 0.946. The third kappa shape index (κ3) is 2.90. The summed E-state index contributed by atoms with van der Waals surface area (Å²) in [6.07, 6.45) is 0.472. The van der Waals surface area contributed by atoms with E-state index in [9.17, 15) is 9.59 Å². The molecule has 0 spiro atoms. The van der Waals surface area contributed by atoms with Gasteiger partial charge in [0.15, 0.2) is 0 Å². The second-order valence-corrected chi connectivity index (χ2v) is 5.52. The maximum Gasteiger partial charge on any atom is 0.256 e. The highest BCUT2D eigenvalue weighted by Crippen LogP contribution is 2.27. The molecular weight excluding hydrogens is 292 g/mol. The summed E-state index contributed by atoms with van der Waals surface area (Å²) >= 11 is 0. The van der Waals surface area contributed by atoms with Crippen LogP contribution in [0.4, 0.5) is 5.69 Å². The predicted molar refractivity (Wildman–Crippen MR) is 87.7 cm³/mol. The van der Waals surface area contributed by atoms with Crippen LogP contribution in [0.25, 0.3) is 0 Å². The predicted octanol–water partition coefficient (Wildman–Crippen LogP) is 2.33. The molecular formula is C18H18N2O3. The zero-order valence-electron chi connectivity index (χ0n) is 13.1. The number of anilines is 1. The van der Waals surface area contributed by atoms with Crippen molar-refractivity contribution in [2.75, 3.05) is 19.5 Å². The van der Waals surface area contributed by atoms with Crippen LogP contribution < -0.4 is 10.1 Å². The lowest BCUT2D eigenvalue weighted by atomic mass is 10.0. The monoisotopic (exact) mass is 310 g/mol. The normalized spacial score (nSPS) is 17.3. The molecule has 1 heterocycles. The van der Waals surface area contributed by atoms with Crippen molar-refractivity contribution in [3.05, 3.63) is 59.7 Å². The molecule has 2 amide bonds. The number of benzene rings is 2. The maximum absolute atomic E-state index is 12.7. The Balaban J connectivity index is 1.94. The minimum absolute atomic E-state index is 0.186. The van der Waals surface area contributed by atoms with Gasteiger partial charge in [-0.15, -0.1) is 0 Å². The molecule has 0 aliphatic carbocycles. The molecule has 1 N–H and O–H groups in total. The van der Waals surface area contributed by atoms with E-state index in [4.69, 9.17) is 4.74 Å². The third-order valence-corrected chi connectivity index (χ3v) is 4.08. The summed E-state index contributed by atoms with van der Waals surface area (Å²) < 4.78 is 5.17. The average molecular weight is 310 g/mol. The van der Waals surface area contributed by atoms with Crippen LogP contribution >= 0.6 is 0 Å². The van der Waals surface area contributed by atoms with E-state index in [0.29, 0.717) is 23.4 Å². The number of likely N-dealkylation sites (N-methyl/N-ethyl adjacent to an activating group) is 1. The van der Waals surface area contributed by atoms with Crippen LogP contribution in [0, 0.1) is 0 Å². The summed E-state index contributed by atoms with van der Waals surface area (Å²) in [4.78, 5) is 26.8. The average Bonchev–Trinajstić information content (AvgIpc) is 2.66. The van der Waals surface area contributed by atoms with Gasteiger partial charge in [0.25, 0.3) is 5.91 Å². The van der Waals surface area contributed by atoms with E-state index in [1.807, 2.05) is 30.3 Å². The molecule has 0 saturated heterocycles. The van der Waals surface area contributed by atoms with Crippen molar-refractivity contribution in [1.29, 1.82) is 0 Å². The van der Waals surface area contributed by atoms with Gasteiger partial charge in [-0.1, -0.05) is 30.3 Å². The van der Waals surface area contributed by atoms with E-state index in [1.165, 1.54) is 4.90 Å². The lowest BCUT2D eigenvalue weighted by Gasteiger charge is -2.24. The summed E-state index contributed by atoms with van der Waals surface area (Å²) in [5.41, 5.74) is 1.97. The van der Waals surface area contributed by atoms with Crippen molar-refractivity contribution in [3.63, 3.8) is 0 Å². The molecule has 3 rings (SSSR count). The molecule has 5 nitrogen and oxygen atoms in total. The number of hydrogen-bond donors (Lipinski definition) is 1. The number of nitrogens with one attached hydrogen (secondary N) is 1. The minimum atomic E-state index is -0.553. The van der Waals surface area contributed by atoms with Crippen LogP contribution in [-0.4, -0.2) is 36.9 Å². The van der Waals surface area contributed by atoms with E-state index >= 15 is 0 Å². The Morgan fingerprint density at radius 2 is 1.87 bits per heavy atom. The highest BCUT2D eigenvalue weighted by Gasteiger charge is 2.33. The molecule has 1 aliphatic rings. The first-order valence-electron chi connectivity index (χ1n) is 7.40. The minimum Gasteiger partial charge on any atom is -0.497 e. The Morgan fingerprint density at radius 1 is 1.13 bits per heavy atom. The number of amides is 2. The lowest BCUT2D eigenvalue weighted by Crippen LogP contribution is -2.44. The molecule has 0 bridgehead atoms. The topological polar surface area (TPSA) is 58.6 Å². The van der Waals surface area contributed by atoms with Crippen LogP contribution in [0.15, 0.2) is 48.5 Å². The summed E-state index contributed by atoms with van der Waals surface area (Å²) in [5, 5.41) is 2.85. The molecule has 1 unspecified atom stereocenters. The zero-order valence-corrected chi connectivity index (χ0v) is 13.1. The van der Waals surface area contributed by atoms with E-state index in [2.05, 4.69) is 5.32 Å². The largest absolute Gasteiger partial charge is 0.497 e. The van der Waals surface area contributed by atoms with E-state index < -0.39 is 6.04 Å². The summed E-state index contributed by atoms with van der Waals surface area (Å²) in [5.74, 6) is 0.202. The second-order valence-electron chi connectivity index (χ2n) is 5.52. The van der Waals surface area contributed by atoms with Gasteiger partial charge in [0, 0.05) is 13.5 Å². The molecule has 0 radical (unpaired) electrons. The van der Waals surface area contributed by atoms with Crippen LogP contribution in [0.2, 0.25) is 0 Å². The molecule has 118 valence electrons. The first kappa shape index (κ1) is 15.1. The van der Waals surface area contributed by atoms with Gasteiger partial charge in [0.1, 0.15) is 11.8 Å². The smallest absolute Gasteiger partial charge is 0.256 e. The van der Waals surface area contributed by atoms with Gasteiger partial charge >= 0.3 is 0 Å². The maximum atomic E-state index is 12.7. The van der Waals surface area contributed by atoms with Gasteiger partial charge in [0.2, 0.25) is 5.91 Å². The van der Waals surface area contributed by atoms with Crippen molar-refractivity contribution in [3.8, 4) is 5.75 Å². The Morgan fingerprint density at radius 3 is 2.57 bits per heavy atom. The Hall–Kier alpha value is -2.82. The number of fused-ring (bicyclic) bond motifs is 1. The Labute approximate surface area is 134 Å². The van der Waals surface area contributed by atoms with Crippen molar-refractivity contribution >= 4 is 17.5 Å². The highest BCUT2D eigenvalue weighted by atomic mass is 16.5. The number of carbonyl (C=O) groups is 2. The van der Waals surface area contributed by atoms with Gasteiger partial charge in [-0.3, -0.25) is 9.59 Å². The van der Waals surface area contributed by atoms with Crippen molar-refractivity contribution in [2.45, 2.75) is 12.5 Å². The molecule has 0 fully saturated rings. The molecule has 1 atom stereocenters. The van der Waals surface area contributed by atoms with Crippen molar-refractivity contribution in [2.24, 2.45) is 0 Å². The molecule has 1 aliphatic heterocycles. The van der Waals surface area contributed by atoms with Crippen LogP contribution in [0.5, 0.6) is 5.75 Å². The Bertz CT molecular complexity index is 743. The second kappa shape index (κ2) is 6.12. The first-order valence-corrected chi connectivity index (χ1v) is 7.40. The lowest BCUT2D eigenvalue weighted by molar-refractivity contribution is -0.120.